The fourth-order valence-corrected chi connectivity index (χ4v) is 8.46. The molecule has 0 atom stereocenters. The van der Waals surface area contributed by atoms with Crippen molar-refractivity contribution in [1.82, 2.24) is 48.3 Å². The molecule has 2 aliphatic rings. The predicted octanol–water partition coefficient (Wildman–Crippen LogP) is 7.04. The van der Waals surface area contributed by atoms with E-state index in [4.69, 9.17) is 23.2 Å². The van der Waals surface area contributed by atoms with Crippen LogP contribution >= 0.6 is 23.2 Å². The Labute approximate surface area is 343 Å². The standard InChI is InChI=1S/2C21H21ClN6O/c22-16-5-6-18-17(13-16)19(29)27(14-15-7-9-23-10-8-15)21-25-24-20(28(18)21)26-11-3-1-2-4-12-26;22-16-7-8-18-17(12-16)19(29)27(14-15-6-5-9-23-13-15)21-25-24-20(28(18)21)26-10-3-1-2-4-11-26/h5-10,13H,1-4,11-12,14H2;5-9,12-13H,1-4,10-11,14H2. The minimum absolute atomic E-state index is 0.123. The quantitative estimate of drug-likeness (QED) is 0.172. The lowest BCUT2D eigenvalue weighted by molar-refractivity contribution is 0.726. The number of aromatic nitrogens is 10. The van der Waals surface area contributed by atoms with Gasteiger partial charge in [0.1, 0.15) is 0 Å². The van der Waals surface area contributed by atoms with Crippen molar-refractivity contribution in [3.05, 3.63) is 127 Å². The third-order valence-corrected chi connectivity index (χ3v) is 11.5. The van der Waals surface area contributed by atoms with Crippen molar-refractivity contribution in [2.45, 2.75) is 64.5 Å². The monoisotopic (exact) mass is 816 g/mol. The van der Waals surface area contributed by atoms with E-state index in [0.29, 0.717) is 45.5 Å². The van der Waals surface area contributed by atoms with Gasteiger partial charge in [0.2, 0.25) is 23.5 Å². The van der Waals surface area contributed by atoms with Crippen LogP contribution in [0.3, 0.4) is 0 Å². The molecule has 0 N–H and O–H groups in total. The Hall–Kier alpha value is -5.86. The maximum atomic E-state index is 13.3. The summed E-state index contributed by atoms with van der Waals surface area (Å²) in [7, 11) is 0. The number of rotatable bonds is 6. The number of nitrogens with zero attached hydrogens (tertiary/aromatic N) is 12. The van der Waals surface area contributed by atoms with E-state index < -0.39 is 0 Å². The van der Waals surface area contributed by atoms with Crippen LogP contribution in [0.25, 0.3) is 33.4 Å². The van der Waals surface area contributed by atoms with Crippen molar-refractivity contribution in [1.29, 1.82) is 0 Å². The summed E-state index contributed by atoms with van der Waals surface area (Å²) < 4.78 is 7.32. The molecule has 8 aromatic rings. The van der Waals surface area contributed by atoms with Crippen LogP contribution in [0, 0.1) is 0 Å². The molecule has 10 rings (SSSR count). The first kappa shape index (κ1) is 37.7. The summed E-state index contributed by atoms with van der Waals surface area (Å²) in [5, 5.41) is 20.1. The van der Waals surface area contributed by atoms with Gasteiger partial charge in [0.25, 0.3) is 11.1 Å². The second-order valence-corrected chi connectivity index (χ2v) is 15.8. The molecule has 58 heavy (non-hydrogen) atoms. The van der Waals surface area contributed by atoms with E-state index in [0.717, 1.165) is 85.9 Å². The highest BCUT2D eigenvalue weighted by molar-refractivity contribution is 6.31. The molecule has 2 fully saturated rings. The van der Waals surface area contributed by atoms with Gasteiger partial charge in [-0.15, -0.1) is 20.4 Å². The van der Waals surface area contributed by atoms with E-state index in [2.05, 4.69) is 40.2 Å². The molecule has 2 saturated heterocycles. The average molecular weight is 818 g/mol. The van der Waals surface area contributed by atoms with Gasteiger partial charge in [-0.3, -0.25) is 28.7 Å². The van der Waals surface area contributed by atoms with Crippen molar-refractivity contribution < 1.29 is 0 Å². The molecule has 0 amide bonds. The molecular weight excluding hydrogens is 775 g/mol. The number of fused-ring (bicyclic) bond motifs is 6. The Balaban J connectivity index is 0.000000150. The number of hydrogen-bond donors (Lipinski definition) is 0. The average Bonchev–Trinajstić information content (AvgIpc) is 3.65. The topological polar surface area (TPSA) is 137 Å². The van der Waals surface area contributed by atoms with Crippen molar-refractivity contribution in [2.75, 3.05) is 36.0 Å². The van der Waals surface area contributed by atoms with E-state index in [-0.39, 0.29) is 11.1 Å². The van der Waals surface area contributed by atoms with Crippen LogP contribution in [0.2, 0.25) is 10.0 Å². The summed E-state index contributed by atoms with van der Waals surface area (Å²) in [4.78, 5) is 39.5. The number of hydrogen-bond acceptors (Lipinski definition) is 10. The SMILES string of the molecule is O=c1c2cc(Cl)ccc2n2c(N3CCCCCC3)nnc2n1Cc1cccnc1.O=c1c2cc(Cl)ccc2n2c(N3CCCCCC3)nnc2n1Cc1ccncc1. The van der Waals surface area contributed by atoms with Gasteiger partial charge >= 0.3 is 0 Å². The highest BCUT2D eigenvalue weighted by Gasteiger charge is 2.23. The summed E-state index contributed by atoms with van der Waals surface area (Å²) in [6.07, 6.45) is 16.4. The molecular formula is C42H42Cl2N12O2. The Morgan fingerprint density at radius 1 is 0.517 bits per heavy atom. The van der Waals surface area contributed by atoms with Crippen molar-refractivity contribution in [3.8, 4) is 0 Å². The Morgan fingerprint density at radius 3 is 1.47 bits per heavy atom. The molecule has 6 aromatic heterocycles. The maximum absolute atomic E-state index is 13.3. The lowest BCUT2D eigenvalue weighted by Gasteiger charge is -2.21. The number of pyridine rings is 2. The van der Waals surface area contributed by atoms with Gasteiger partial charge in [-0.2, -0.15) is 0 Å². The molecule has 14 nitrogen and oxygen atoms in total. The predicted molar refractivity (Wildman–Crippen MR) is 228 cm³/mol. The zero-order chi connectivity index (χ0) is 39.6. The molecule has 0 aliphatic carbocycles. The maximum Gasteiger partial charge on any atom is 0.263 e. The van der Waals surface area contributed by atoms with Gasteiger partial charge in [-0.25, -0.2) is 8.80 Å². The van der Waals surface area contributed by atoms with Gasteiger partial charge in [-0.05, 0) is 91.4 Å². The number of anilines is 2. The Bertz CT molecular complexity index is 2640. The van der Waals surface area contributed by atoms with E-state index in [1.54, 1.807) is 52.1 Å². The molecule has 0 unspecified atom stereocenters. The van der Waals surface area contributed by atoms with Crippen LogP contribution < -0.4 is 20.9 Å². The lowest BCUT2D eigenvalue weighted by Crippen LogP contribution is -2.28. The Morgan fingerprint density at radius 2 is 1.00 bits per heavy atom. The molecule has 296 valence electrons. The van der Waals surface area contributed by atoms with Crippen LogP contribution in [-0.2, 0) is 13.1 Å². The first-order valence-electron chi connectivity index (χ1n) is 19.9. The fraction of sp³-hybridized carbons (Fsp3) is 0.333. The molecule has 0 spiro atoms. The zero-order valence-corrected chi connectivity index (χ0v) is 33.4. The number of benzene rings is 2. The van der Waals surface area contributed by atoms with Crippen molar-refractivity contribution in [2.24, 2.45) is 0 Å². The molecule has 0 bridgehead atoms. The molecule has 2 aliphatic heterocycles. The van der Waals surface area contributed by atoms with E-state index in [1.165, 1.54) is 25.7 Å². The van der Waals surface area contributed by atoms with Gasteiger partial charge in [0.05, 0.1) is 34.9 Å². The molecule has 8 heterocycles. The molecule has 0 saturated carbocycles. The highest BCUT2D eigenvalue weighted by atomic mass is 35.5. The van der Waals surface area contributed by atoms with E-state index in [9.17, 15) is 9.59 Å². The number of halogens is 2. The van der Waals surface area contributed by atoms with Crippen LogP contribution in [-0.4, -0.2) is 74.5 Å². The largest absolute Gasteiger partial charge is 0.341 e. The van der Waals surface area contributed by atoms with E-state index in [1.807, 2.05) is 51.3 Å². The van der Waals surface area contributed by atoms with Gasteiger partial charge in [-0.1, -0.05) is 55.0 Å². The van der Waals surface area contributed by atoms with Crippen molar-refractivity contribution in [3.63, 3.8) is 0 Å². The minimum Gasteiger partial charge on any atom is -0.341 e. The molecule has 2 aromatic carbocycles. The molecule has 16 heteroatoms. The van der Waals surface area contributed by atoms with Crippen LogP contribution in [0.1, 0.15) is 62.5 Å². The summed E-state index contributed by atoms with van der Waals surface area (Å²) in [6.45, 7) is 4.54. The normalized spacial score (nSPS) is 15.1. The first-order valence-corrected chi connectivity index (χ1v) is 20.6. The first-order chi connectivity index (χ1) is 28.4. The highest BCUT2D eigenvalue weighted by Crippen LogP contribution is 2.27. The van der Waals surface area contributed by atoms with Crippen LogP contribution in [0.4, 0.5) is 11.9 Å². The van der Waals surface area contributed by atoms with Gasteiger partial charge < -0.3 is 9.80 Å². The molecule has 0 radical (unpaired) electrons. The van der Waals surface area contributed by atoms with Gasteiger partial charge in [0, 0.05) is 61.0 Å². The minimum atomic E-state index is -0.131. The summed E-state index contributed by atoms with van der Waals surface area (Å²) in [5.74, 6) is 2.65. The van der Waals surface area contributed by atoms with Crippen LogP contribution in [0.5, 0.6) is 0 Å². The van der Waals surface area contributed by atoms with E-state index >= 15 is 0 Å². The fourth-order valence-electron chi connectivity index (χ4n) is 8.12. The Kier molecular flexibility index (Phi) is 10.8. The zero-order valence-electron chi connectivity index (χ0n) is 31.9. The summed E-state index contributed by atoms with van der Waals surface area (Å²) in [6, 6.07) is 18.4. The third kappa shape index (κ3) is 7.37. The van der Waals surface area contributed by atoms with Crippen molar-refractivity contribution >= 4 is 68.5 Å². The second-order valence-electron chi connectivity index (χ2n) is 14.9. The lowest BCUT2D eigenvalue weighted by atomic mass is 10.2. The summed E-state index contributed by atoms with van der Waals surface area (Å²) >= 11 is 12.5. The van der Waals surface area contributed by atoms with Crippen LogP contribution in [0.15, 0.2) is 95.0 Å². The van der Waals surface area contributed by atoms with Gasteiger partial charge in [0.15, 0.2) is 0 Å². The smallest absolute Gasteiger partial charge is 0.263 e. The second kappa shape index (κ2) is 16.5. The summed E-state index contributed by atoms with van der Waals surface area (Å²) in [5.41, 5.74) is 3.21. The third-order valence-electron chi connectivity index (χ3n) is 11.0.